The molecule has 0 aromatic heterocycles. The van der Waals surface area contributed by atoms with Crippen LogP contribution < -0.4 is 0 Å². The van der Waals surface area contributed by atoms with E-state index in [9.17, 15) is 0 Å². The van der Waals surface area contributed by atoms with Crippen molar-refractivity contribution in [1.29, 1.82) is 0 Å². The minimum Gasteiger partial charge on any atom is -0.0654 e. The van der Waals surface area contributed by atoms with E-state index in [4.69, 9.17) is 0 Å². The van der Waals surface area contributed by atoms with Gasteiger partial charge >= 0.3 is 0 Å². The molecular formula is C91H170. The third-order valence-corrected chi connectivity index (χ3v) is 30.3. The zero-order valence-electron chi connectivity index (χ0n) is 65.0. The second kappa shape index (κ2) is 42.8. The first-order valence-electron chi connectivity index (χ1n) is 44.1. The van der Waals surface area contributed by atoms with Crippen LogP contribution in [0.25, 0.3) is 0 Å². The smallest absolute Gasteiger partial charge is 0.0269 e. The molecule has 20 unspecified atom stereocenters. The molecule has 0 saturated heterocycles. The fourth-order valence-electron chi connectivity index (χ4n) is 24.9. The van der Waals surface area contributed by atoms with Crippen LogP contribution >= 0.6 is 0 Å². The van der Waals surface area contributed by atoms with Gasteiger partial charge in [-0.3, -0.25) is 0 Å². The van der Waals surface area contributed by atoms with Gasteiger partial charge in [0.05, 0.1) is 0 Å². The molecule has 0 heterocycles. The second-order valence-corrected chi connectivity index (χ2v) is 38.3. The summed E-state index contributed by atoms with van der Waals surface area (Å²) in [6.07, 6.45) is 82.3. The number of hydrogen-bond donors (Lipinski definition) is 0. The van der Waals surface area contributed by atoms with Crippen LogP contribution in [-0.2, 0) is 0 Å². The van der Waals surface area contributed by atoms with E-state index in [-0.39, 0.29) is 0 Å². The fourth-order valence-corrected chi connectivity index (χ4v) is 24.9. The zero-order chi connectivity index (χ0) is 65.0. The van der Waals surface area contributed by atoms with E-state index in [1.807, 2.05) is 0 Å². The Balaban J connectivity index is 1.06. The number of hydrogen-bond acceptors (Lipinski definition) is 0. The molecule has 7 aliphatic carbocycles. The fraction of sp³-hybridized carbons (Fsp3) is 1.00. The van der Waals surface area contributed by atoms with E-state index < -0.39 is 0 Å². The van der Waals surface area contributed by atoms with Crippen LogP contribution in [0.4, 0.5) is 0 Å². The third kappa shape index (κ3) is 26.2. The van der Waals surface area contributed by atoms with Gasteiger partial charge < -0.3 is 0 Å². The van der Waals surface area contributed by atoms with Crippen LogP contribution in [0, 0.1) is 142 Å². The molecule has 0 aliphatic heterocycles. The lowest BCUT2D eigenvalue weighted by Crippen LogP contribution is -2.49. The average Bonchev–Trinajstić information content (AvgIpc) is 0.793. The van der Waals surface area contributed by atoms with Gasteiger partial charge in [-0.25, -0.2) is 0 Å². The summed E-state index contributed by atoms with van der Waals surface area (Å²) >= 11 is 0. The molecule has 0 aromatic carbocycles. The van der Waals surface area contributed by atoms with Crippen molar-refractivity contribution in [2.75, 3.05) is 0 Å². The molecule has 534 valence electrons. The van der Waals surface area contributed by atoms with Gasteiger partial charge in [-0.2, -0.15) is 0 Å². The first kappa shape index (κ1) is 78.3. The Kier molecular flexibility index (Phi) is 36.9. The van der Waals surface area contributed by atoms with Gasteiger partial charge in [-0.1, -0.05) is 321 Å². The van der Waals surface area contributed by atoms with Crippen molar-refractivity contribution in [2.24, 2.45) is 142 Å². The Bertz CT molecular complexity index is 1790. The highest BCUT2D eigenvalue weighted by Gasteiger charge is 2.52. The predicted molar refractivity (Wildman–Crippen MR) is 406 cm³/mol. The molecule has 0 aromatic rings. The van der Waals surface area contributed by atoms with Crippen LogP contribution in [0.2, 0.25) is 0 Å². The van der Waals surface area contributed by atoms with E-state index in [2.05, 4.69) is 90.0 Å². The van der Waals surface area contributed by atoms with Crippen molar-refractivity contribution < 1.29 is 0 Å². The Labute approximate surface area is 575 Å². The Morgan fingerprint density at radius 3 is 1.56 bits per heavy atom. The Morgan fingerprint density at radius 2 is 0.934 bits per heavy atom. The maximum Gasteiger partial charge on any atom is -0.0269 e. The van der Waals surface area contributed by atoms with Gasteiger partial charge in [0.2, 0.25) is 0 Å². The number of unbranched alkanes of at least 4 members (excludes halogenated alkanes) is 2. The summed E-state index contributed by atoms with van der Waals surface area (Å²) in [6.45, 7) is 34.1. The van der Waals surface area contributed by atoms with Crippen molar-refractivity contribution in [3.05, 3.63) is 0 Å². The maximum absolute atomic E-state index is 2.86. The van der Waals surface area contributed by atoms with Gasteiger partial charge in [0, 0.05) is 0 Å². The van der Waals surface area contributed by atoms with Crippen LogP contribution in [0.3, 0.4) is 0 Å². The number of rotatable bonds is 30. The minimum absolute atomic E-state index is 0.593. The van der Waals surface area contributed by atoms with Crippen molar-refractivity contribution in [2.45, 2.75) is 437 Å². The van der Waals surface area contributed by atoms with Gasteiger partial charge in [0.1, 0.15) is 0 Å². The highest BCUT2D eigenvalue weighted by atomic mass is 14.6. The molecule has 0 radical (unpaired) electrons. The monoisotopic (exact) mass is 1260 g/mol. The van der Waals surface area contributed by atoms with Gasteiger partial charge in [-0.05, 0) is 257 Å². The van der Waals surface area contributed by atoms with E-state index in [0.29, 0.717) is 5.41 Å². The van der Waals surface area contributed by atoms with Crippen LogP contribution in [0.1, 0.15) is 437 Å². The highest BCUT2D eigenvalue weighted by Crippen LogP contribution is 2.61. The lowest BCUT2D eigenvalue weighted by atomic mass is 9.48. The summed E-state index contributed by atoms with van der Waals surface area (Å²) < 4.78 is 0. The molecule has 7 aliphatic rings. The predicted octanol–water partition coefficient (Wildman–Crippen LogP) is 30.6. The van der Waals surface area contributed by atoms with Crippen LogP contribution in [0.5, 0.6) is 0 Å². The molecule has 0 spiro atoms. The molecule has 91 heavy (non-hydrogen) atoms. The first-order valence-corrected chi connectivity index (χ1v) is 44.1. The van der Waals surface area contributed by atoms with Crippen molar-refractivity contribution in [3.63, 3.8) is 0 Å². The molecule has 0 amide bonds. The summed E-state index contributed by atoms with van der Waals surface area (Å²) in [5.41, 5.74) is 0.593. The molecule has 7 fully saturated rings. The molecule has 20 atom stereocenters. The Morgan fingerprint density at radius 1 is 0.385 bits per heavy atom. The van der Waals surface area contributed by atoms with Crippen LogP contribution in [-0.4, -0.2) is 0 Å². The van der Waals surface area contributed by atoms with Crippen molar-refractivity contribution in [1.82, 2.24) is 0 Å². The normalized spacial score (nSPS) is 33.8. The van der Waals surface area contributed by atoms with E-state index in [0.717, 1.165) is 136 Å². The molecular weight excluding hydrogens is 1090 g/mol. The van der Waals surface area contributed by atoms with E-state index >= 15 is 0 Å². The van der Waals surface area contributed by atoms with Gasteiger partial charge in [0.15, 0.2) is 0 Å². The molecule has 0 heteroatoms. The second-order valence-electron chi connectivity index (χ2n) is 38.3. The molecule has 7 saturated carbocycles. The summed E-state index contributed by atoms with van der Waals surface area (Å²) in [7, 11) is 0. The standard InChI is InChI=1S/C91H170/c1-14-16-32-42-70(7)59-71(8)43-41-44-72(9)81-48-34-29-27-25-23-21-19-17-18-20-22-24-26-28-33-45-77(61-81)64-89(80-46-35-30-36-47-80)90-87-50-38-37-49-84(87)66-86-65-83(53-54-88(86)90)74(11)67-91(55-39-31-40-56-91)75(12)51-52-82(57-68(3)4)73(10)60-78-62-79(15-2)76(13)85(63-78)58-69(5)6/h68-90H,14-67H2,1-13H3. The van der Waals surface area contributed by atoms with Crippen molar-refractivity contribution in [3.8, 4) is 0 Å². The Hall–Kier alpha value is 0. The summed E-state index contributed by atoms with van der Waals surface area (Å²) in [5, 5.41) is 0. The van der Waals surface area contributed by atoms with Gasteiger partial charge in [-0.15, -0.1) is 0 Å². The zero-order valence-corrected chi connectivity index (χ0v) is 65.0. The topological polar surface area (TPSA) is 0 Å². The molecule has 0 N–H and O–H groups in total. The first-order chi connectivity index (χ1) is 44.1. The SMILES string of the molecule is CCCCCC(C)CC(C)CCCC(C)C1CCCCCCCCCCCCCCCCCC(CC(C2CCCCC2)C2C3CCCCC3CC3CC(C(C)CC4(C(C)CCC(CC(C)C)C(C)CC5CC(CC)C(C)C(CC(C)C)C5)CCCCC4)CCC32)C1. The third-order valence-electron chi connectivity index (χ3n) is 30.3. The van der Waals surface area contributed by atoms with Gasteiger partial charge in [0.25, 0.3) is 0 Å². The average molecular weight is 1260 g/mol. The largest absolute Gasteiger partial charge is 0.0654 e. The number of fused-ring (bicyclic) bond motifs is 2. The van der Waals surface area contributed by atoms with E-state index in [1.54, 1.807) is 122 Å². The lowest BCUT2D eigenvalue weighted by molar-refractivity contribution is -0.0794. The summed E-state index contributed by atoms with van der Waals surface area (Å²) in [5.74, 6) is 22.0. The lowest BCUT2D eigenvalue weighted by Gasteiger charge is -2.57. The highest BCUT2D eigenvalue weighted by molar-refractivity contribution is 5.02. The molecule has 0 bridgehead atoms. The van der Waals surface area contributed by atoms with Crippen molar-refractivity contribution >= 4 is 0 Å². The summed E-state index contributed by atoms with van der Waals surface area (Å²) in [6, 6.07) is 0. The van der Waals surface area contributed by atoms with Crippen LogP contribution in [0.15, 0.2) is 0 Å². The maximum atomic E-state index is 2.86. The quantitative estimate of drug-likeness (QED) is 0.0629. The molecule has 7 rings (SSSR count). The minimum atomic E-state index is 0.593. The van der Waals surface area contributed by atoms with E-state index in [1.165, 1.54) is 225 Å². The molecule has 0 nitrogen and oxygen atoms in total. The summed E-state index contributed by atoms with van der Waals surface area (Å²) in [4.78, 5) is 0.